The predicted molar refractivity (Wildman–Crippen MR) is 87.0 cm³/mol. The molecular weight excluding hydrogens is 320 g/mol. The number of amides is 2. The highest BCUT2D eigenvalue weighted by molar-refractivity contribution is 6.27. The maximum Gasteiger partial charge on any atom is 0.237 e. The van der Waals surface area contributed by atoms with Gasteiger partial charge in [0, 0.05) is 32.2 Å². The van der Waals surface area contributed by atoms with Crippen molar-refractivity contribution in [2.45, 2.75) is 6.42 Å². The molecule has 1 aromatic carbocycles. The molecule has 0 aliphatic carbocycles. The maximum absolute atomic E-state index is 12.1. The molecule has 1 aliphatic heterocycles. The van der Waals surface area contributed by atoms with Gasteiger partial charge in [-0.25, -0.2) is 0 Å². The third-order valence-electron chi connectivity index (χ3n) is 3.73. The van der Waals surface area contributed by atoms with Crippen LogP contribution in [0.4, 0.5) is 0 Å². The summed E-state index contributed by atoms with van der Waals surface area (Å²) in [5, 5.41) is 0. The van der Waals surface area contributed by atoms with Gasteiger partial charge >= 0.3 is 0 Å². The third-order valence-corrected chi connectivity index (χ3v) is 3.95. The number of piperazine rings is 1. The summed E-state index contributed by atoms with van der Waals surface area (Å²) in [6.07, 6.45) is 0.306. The Morgan fingerprint density at radius 2 is 1.70 bits per heavy atom. The lowest BCUT2D eigenvalue weighted by Gasteiger charge is -2.34. The molecule has 0 saturated carbocycles. The molecule has 23 heavy (non-hydrogen) atoms. The topological polar surface area (TPSA) is 59.1 Å². The lowest BCUT2D eigenvalue weighted by Crippen LogP contribution is -2.51. The van der Waals surface area contributed by atoms with Crippen LogP contribution >= 0.6 is 11.6 Å². The fraction of sp³-hybridized carbons (Fsp3) is 0.500. The molecule has 1 heterocycles. The fourth-order valence-electron chi connectivity index (χ4n) is 2.40. The van der Waals surface area contributed by atoms with Gasteiger partial charge < -0.3 is 19.3 Å². The second-order valence-electron chi connectivity index (χ2n) is 5.17. The van der Waals surface area contributed by atoms with Crippen LogP contribution < -0.4 is 9.47 Å². The summed E-state index contributed by atoms with van der Waals surface area (Å²) in [7, 11) is 1.59. The molecule has 1 fully saturated rings. The number of nitrogens with zero attached hydrogens (tertiary/aromatic N) is 2. The highest BCUT2D eigenvalue weighted by Gasteiger charge is 2.23. The molecule has 0 bridgehead atoms. The molecule has 0 spiro atoms. The number of rotatable bonds is 6. The molecule has 0 radical (unpaired) electrons. The van der Waals surface area contributed by atoms with Crippen LogP contribution in [0.3, 0.4) is 0 Å². The van der Waals surface area contributed by atoms with Crippen molar-refractivity contribution in [2.24, 2.45) is 0 Å². The Morgan fingerprint density at radius 1 is 1.09 bits per heavy atom. The molecular formula is C16H21ClN2O4. The minimum atomic E-state index is -0.0832. The lowest BCUT2D eigenvalue weighted by atomic mass is 10.2. The van der Waals surface area contributed by atoms with Crippen LogP contribution in [0, 0.1) is 0 Å². The zero-order valence-corrected chi connectivity index (χ0v) is 13.9. The first-order valence-electron chi connectivity index (χ1n) is 7.52. The van der Waals surface area contributed by atoms with Crippen LogP contribution in [0.1, 0.15) is 6.42 Å². The Balaban J connectivity index is 1.72. The minimum absolute atomic E-state index is 0.0116. The molecule has 0 aromatic heterocycles. The Kier molecular flexibility index (Phi) is 6.52. The summed E-state index contributed by atoms with van der Waals surface area (Å²) < 4.78 is 10.7. The maximum atomic E-state index is 12.1. The largest absolute Gasteiger partial charge is 0.497 e. The highest BCUT2D eigenvalue weighted by atomic mass is 35.5. The summed E-state index contributed by atoms with van der Waals surface area (Å²) in [6.45, 7) is 2.47. The number of alkyl halides is 1. The van der Waals surface area contributed by atoms with E-state index in [1.54, 1.807) is 23.0 Å². The zero-order valence-electron chi connectivity index (χ0n) is 13.2. The second-order valence-corrected chi connectivity index (χ2v) is 5.44. The fourth-order valence-corrected chi connectivity index (χ4v) is 2.56. The number of benzene rings is 1. The van der Waals surface area contributed by atoms with Crippen LogP contribution in [0.5, 0.6) is 11.5 Å². The van der Waals surface area contributed by atoms with Crippen molar-refractivity contribution in [3.8, 4) is 11.5 Å². The first kappa shape index (κ1) is 17.4. The van der Waals surface area contributed by atoms with E-state index in [9.17, 15) is 9.59 Å². The zero-order chi connectivity index (χ0) is 16.7. The van der Waals surface area contributed by atoms with Crippen molar-refractivity contribution in [3.05, 3.63) is 24.3 Å². The summed E-state index contributed by atoms with van der Waals surface area (Å²) in [6, 6.07) is 7.27. The van der Waals surface area contributed by atoms with E-state index in [4.69, 9.17) is 21.1 Å². The monoisotopic (exact) mass is 340 g/mol. The van der Waals surface area contributed by atoms with Gasteiger partial charge in [-0.15, -0.1) is 11.6 Å². The van der Waals surface area contributed by atoms with Gasteiger partial charge in [-0.2, -0.15) is 0 Å². The first-order valence-corrected chi connectivity index (χ1v) is 8.06. The number of carbonyl (C=O) groups is 2. The van der Waals surface area contributed by atoms with E-state index < -0.39 is 0 Å². The van der Waals surface area contributed by atoms with E-state index in [-0.39, 0.29) is 17.7 Å². The Labute approximate surface area is 140 Å². The normalized spacial score (nSPS) is 14.5. The molecule has 126 valence electrons. The average molecular weight is 341 g/mol. The molecule has 2 amide bonds. The molecule has 6 nitrogen and oxygen atoms in total. The van der Waals surface area contributed by atoms with Crippen molar-refractivity contribution < 1.29 is 19.1 Å². The minimum Gasteiger partial charge on any atom is -0.497 e. The van der Waals surface area contributed by atoms with Crippen LogP contribution in [0.2, 0.25) is 0 Å². The lowest BCUT2D eigenvalue weighted by molar-refractivity contribution is -0.138. The van der Waals surface area contributed by atoms with Crippen molar-refractivity contribution >= 4 is 23.4 Å². The van der Waals surface area contributed by atoms with E-state index in [2.05, 4.69) is 0 Å². The van der Waals surface area contributed by atoms with E-state index >= 15 is 0 Å². The molecule has 0 unspecified atom stereocenters. The van der Waals surface area contributed by atoms with E-state index in [0.29, 0.717) is 50.7 Å². The van der Waals surface area contributed by atoms with Gasteiger partial charge in [-0.3, -0.25) is 9.59 Å². The van der Waals surface area contributed by atoms with Gasteiger partial charge in [0.2, 0.25) is 11.8 Å². The first-order chi connectivity index (χ1) is 11.1. The van der Waals surface area contributed by atoms with Gasteiger partial charge in [0.25, 0.3) is 0 Å². The van der Waals surface area contributed by atoms with Gasteiger partial charge in [0.1, 0.15) is 17.4 Å². The van der Waals surface area contributed by atoms with Crippen molar-refractivity contribution in [2.75, 3.05) is 45.8 Å². The third kappa shape index (κ3) is 5.03. The SMILES string of the molecule is COc1cccc(OCCC(=O)N2CCN(C(=O)CCl)CC2)c1. The van der Waals surface area contributed by atoms with E-state index in [0.717, 1.165) is 0 Å². The number of ether oxygens (including phenoxy) is 2. The molecule has 1 aromatic rings. The van der Waals surface area contributed by atoms with Crippen molar-refractivity contribution in [3.63, 3.8) is 0 Å². The van der Waals surface area contributed by atoms with Gasteiger partial charge in [0.15, 0.2) is 0 Å². The van der Waals surface area contributed by atoms with Crippen LogP contribution in [0.25, 0.3) is 0 Å². The Bertz CT molecular complexity index is 545. The standard InChI is InChI=1S/C16H21ClN2O4/c1-22-13-3-2-4-14(11-13)23-10-5-15(20)18-6-8-19(9-7-18)16(21)12-17/h2-4,11H,5-10,12H2,1H3. The second kappa shape index (κ2) is 8.62. The molecule has 2 rings (SSSR count). The Hall–Kier alpha value is -1.95. The number of hydrogen-bond donors (Lipinski definition) is 0. The van der Waals surface area contributed by atoms with E-state index in [1.165, 1.54) is 0 Å². The van der Waals surface area contributed by atoms with Crippen LogP contribution in [-0.2, 0) is 9.59 Å². The molecule has 0 atom stereocenters. The smallest absolute Gasteiger partial charge is 0.237 e. The summed E-state index contributed by atoms with van der Waals surface area (Å²) in [4.78, 5) is 27.1. The summed E-state index contributed by atoms with van der Waals surface area (Å²) >= 11 is 5.54. The number of carbonyl (C=O) groups excluding carboxylic acids is 2. The number of halogens is 1. The van der Waals surface area contributed by atoms with Gasteiger partial charge in [-0.05, 0) is 12.1 Å². The van der Waals surface area contributed by atoms with Gasteiger partial charge in [-0.1, -0.05) is 6.07 Å². The molecule has 0 N–H and O–H groups in total. The van der Waals surface area contributed by atoms with Crippen LogP contribution in [0.15, 0.2) is 24.3 Å². The summed E-state index contributed by atoms with van der Waals surface area (Å²) in [5.41, 5.74) is 0. The van der Waals surface area contributed by atoms with E-state index in [1.807, 2.05) is 18.2 Å². The van der Waals surface area contributed by atoms with Gasteiger partial charge in [0.05, 0.1) is 20.1 Å². The van der Waals surface area contributed by atoms with Crippen LogP contribution in [-0.4, -0.2) is 67.4 Å². The van der Waals surface area contributed by atoms with Crippen molar-refractivity contribution in [1.82, 2.24) is 9.80 Å². The molecule has 1 aliphatic rings. The predicted octanol–water partition coefficient (Wildman–Crippen LogP) is 1.37. The summed E-state index contributed by atoms with van der Waals surface area (Å²) in [5.74, 6) is 1.33. The Morgan fingerprint density at radius 3 is 2.30 bits per heavy atom. The quantitative estimate of drug-likeness (QED) is 0.734. The number of hydrogen-bond acceptors (Lipinski definition) is 4. The molecule has 1 saturated heterocycles. The highest BCUT2D eigenvalue weighted by Crippen LogP contribution is 2.19. The number of methoxy groups -OCH3 is 1. The van der Waals surface area contributed by atoms with Crippen molar-refractivity contribution in [1.29, 1.82) is 0 Å². The molecule has 7 heteroatoms. The average Bonchev–Trinajstić information content (AvgIpc) is 2.61.